The van der Waals surface area contributed by atoms with Gasteiger partial charge in [-0.05, 0) is 12.1 Å². The molecule has 0 N–H and O–H groups in total. The molecule has 2 aliphatic rings. The summed E-state index contributed by atoms with van der Waals surface area (Å²) in [6, 6.07) is 9.22. The number of halogens is 1. The molecule has 4 heteroatoms. The number of fused-ring (bicyclic) bond motifs is 1. The van der Waals surface area contributed by atoms with E-state index >= 15 is 0 Å². The second-order valence-corrected chi connectivity index (χ2v) is 6.92. The van der Waals surface area contributed by atoms with E-state index in [1.54, 1.807) is 12.1 Å². The fraction of sp³-hybridized carbons (Fsp3) is 0.353. The molecule has 1 saturated heterocycles. The number of carbonyl (C=O) groups excluding carboxylic acids is 1. The van der Waals surface area contributed by atoms with Crippen LogP contribution in [0, 0.1) is 5.41 Å². The molecule has 1 fully saturated rings. The second-order valence-electron chi connectivity index (χ2n) is 6.51. The summed E-state index contributed by atoms with van der Waals surface area (Å²) >= 11 is 6.26. The van der Waals surface area contributed by atoms with E-state index in [-0.39, 0.29) is 11.2 Å². The number of hydrogen-bond donors (Lipinski definition) is 0. The molecular weight excluding hydrogens is 288 g/mol. The third kappa shape index (κ3) is 1.65. The molecule has 0 saturated carbocycles. The van der Waals surface area contributed by atoms with Gasteiger partial charge in [-0.15, -0.1) is 0 Å². The van der Waals surface area contributed by atoms with Crippen LogP contribution in [-0.2, 0) is 15.3 Å². The summed E-state index contributed by atoms with van der Waals surface area (Å²) < 4.78 is 11.9. The van der Waals surface area contributed by atoms with Crippen molar-refractivity contribution in [2.45, 2.75) is 19.6 Å². The van der Waals surface area contributed by atoms with Gasteiger partial charge in [0.05, 0.1) is 13.2 Å². The first-order valence-electron chi connectivity index (χ1n) is 6.99. The summed E-state index contributed by atoms with van der Waals surface area (Å²) in [5.74, 6) is -1.41. The molecule has 1 spiro atoms. The lowest BCUT2D eigenvalue weighted by molar-refractivity contribution is -0.273. The Hall–Kier alpha value is -1.42. The molecule has 4 rings (SSSR count). The number of carbonyl (C=O) groups is 1. The van der Waals surface area contributed by atoms with E-state index in [0.29, 0.717) is 23.8 Å². The lowest BCUT2D eigenvalue weighted by atomic mass is 9.93. The Bertz CT molecular complexity index is 769. The van der Waals surface area contributed by atoms with Crippen molar-refractivity contribution in [1.82, 2.24) is 0 Å². The molecule has 0 unspecified atom stereocenters. The van der Waals surface area contributed by atoms with Gasteiger partial charge in [0.25, 0.3) is 5.79 Å². The number of benzene rings is 2. The maximum Gasteiger partial charge on any atom is 0.261 e. The fourth-order valence-electron chi connectivity index (χ4n) is 3.10. The third-order valence-electron chi connectivity index (χ3n) is 4.22. The SMILES string of the molecule is CC1(C)COC2(OC1)C(=O)c1ccc(Cl)c3cccc2c13. The van der Waals surface area contributed by atoms with Gasteiger partial charge in [0.1, 0.15) is 0 Å². The minimum atomic E-state index is -1.29. The molecular formula is C17H15ClO3. The van der Waals surface area contributed by atoms with Crippen molar-refractivity contribution < 1.29 is 14.3 Å². The average molecular weight is 303 g/mol. The normalized spacial score (nSPS) is 22.1. The van der Waals surface area contributed by atoms with Crippen LogP contribution in [0.25, 0.3) is 10.8 Å². The molecule has 2 aromatic rings. The Balaban J connectivity index is 1.96. The summed E-state index contributed by atoms with van der Waals surface area (Å²) in [5, 5.41) is 2.36. The zero-order chi connectivity index (χ0) is 14.8. The minimum absolute atomic E-state index is 0.0914. The zero-order valence-corrected chi connectivity index (χ0v) is 12.7. The maximum absolute atomic E-state index is 12.9. The van der Waals surface area contributed by atoms with Crippen molar-refractivity contribution in [3.05, 3.63) is 46.5 Å². The van der Waals surface area contributed by atoms with Crippen LogP contribution in [0.3, 0.4) is 0 Å². The summed E-state index contributed by atoms with van der Waals surface area (Å²) in [4.78, 5) is 12.9. The number of hydrogen-bond acceptors (Lipinski definition) is 3. The van der Waals surface area contributed by atoms with E-state index in [1.165, 1.54) is 0 Å². The lowest BCUT2D eigenvalue weighted by Gasteiger charge is -2.40. The van der Waals surface area contributed by atoms with Crippen LogP contribution in [-0.4, -0.2) is 19.0 Å². The van der Waals surface area contributed by atoms with Crippen LogP contribution < -0.4 is 0 Å². The molecule has 1 heterocycles. The molecule has 0 atom stereocenters. The Labute approximate surface area is 127 Å². The smallest absolute Gasteiger partial charge is 0.261 e. The molecule has 0 aromatic heterocycles. The van der Waals surface area contributed by atoms with Crippen LogP contribution >= 0.6 is 11.6 Å². The van der Waals surface area contributed by atoms with Crippen LogP contribution in [0.2, 0.25) is 5.02 Å². The summed E-state index contributed by atoms with van der Waals surface area (Å²) in [5.41, 5.74) is 1.31. The Kier molecular flexibility index (Phi) is 2.57. The van der Waals surface area contributed by atoms with Crippen molar-refractivity contribution in [3.63, 3.8) is 0 Å². The molecule has 0 radical (unpaired) electrons. The summed E-state index contributed by atoms with van der Waals surface area (Å²) in [6.07, 6.45) is 0. The van der Waals surface area contributed by atoms with Gasteiger partial charge >= 0.3 is 0 Å². The van der Waals surface area contributed by atoms with E-state index in [0.717, 1.165) is 16.3 Å². The molecule has 0 bridgehead atoms. The van der Waals surface area contributed by atoms with Gasteiger partial charge in [-0.2, -0.15) is 0 Å². The highest BCUT2D eigenvalue weighted by atomic mass is 35.5. The van der Waals surface area contributed by atoms with E-state index in [4.69, 9.17) is 21.1 Å². The van der Waals surface area contributed by atoms with Gasteiger partial charge in [0.2, 0.25) is 5.78 Å². The Morgan fingerprint density at radius 1 is 1.10 bits per heavy atom. The molecule has 2 aromatic carbocycles. The fourth-order valence-corrected chi connectivity index (χ4v) is 3.32. The van der Waals surface area contributed by atoms with Crippen molar-refractivity contribution >= 4 is 28.2 Å². The van der Waals surface area contributed by atoms with Gasteiger partial charge in [0.15, 0.2) is 0 Å². The van der Waals surface area contributed by atoms with Gasteiger partial charge in [0, 0.05) is 32.3 Å². The van der Waals surface area contributed by atoms with E-state index < -0.39 is 5.79 Å². The molecule has 1 aliphatic carbocycles. The number of ether oxygens (including phenoxy) is 2. The molecule has 0 amide bonds. The minimum Gasteiger partial charge on any atom is -0.339 e. The van der Waals surface area contributed by atoms with E-state index in [9.17, 15) is 4.79 Å². The largest absolute Gasteiger partial charge is 0.339 e. The number of Topliss-reactive ketones (excluding diaryl/α,β-unsaturated/α-hetero) is 1. The highest BCUT2D eigenvalue weighted by Gasteiger charge is 2.53. The summed E-state index contributed by atoms with van der Waals surface area (Å²) in [6.45, 7) is 5.08. The quantitative estimate of drug-likeness (QED) is 0.740. The first kappa shape index (κ1) is 13.3. The molecule has 1 aliphatic heterocycles. The number of rotatable bonds is 0. The highest BCUT2D eigenvalue weighted by molar-refractivity contribution is 6.37. The van der Waals surface area contributed by atoms with Gasteiger partial charge < -0.3 is 9.47 Å². The Morgan fingerprint density at radius 2 is 1.81 bits per heavy atom. The van der Waals surface area contributed by atoms with Gasteiger partial charge in [-0.1, -0.05) is 43.6 Å². The lowest BCUT2D eigenvalue weighted by Crippen LogP contribution is -2.48. The first-order chi connectivity index (χ1) is 9.95. The average Bonchev–Trinajstić information content (AvgIpc) is 2.70. The topological polar surface area (TPSA) is 35.5 Å². The number of ketones is 1. The van der Waals surface area contributed by atoms with E-state index in [1.807, 2.05) is 18.2 Å². The van der Waals surface area contributed by atoms with Gasteiger partial charge in [-0.3, -0.25) is 4.79 Å². The van der Waals surface area contributed by atoms with Crippen LogP contribution in [0.5, 0.6) is 0 Å². The monoisotopic (exact) mass is 302 g/mol. The Morgan fingerprint density at radius 3 is 2.52 bits per heavy atom. The van der Waals surface area contributed by atoms with Crippen molar-refractivity contribution in [1.29, 1.82) is 0 Å². The second kappa shape index (κ2) is 4.07. The van der Waals surface area contributed by atoms with Crippen LogP contribution in [0.4, 0.5) is 0 Å². The third-order valence-corrected chi connectivity index (χ3v) is 4.55. The van der Waals surface area contributed by atoms with Crippen molar-refractivity contribution in [2.75, 3.05) is 13.2 Å². The van der Waals surface area contributed by atoms with E-state index in [2.05, 4.69) is 13.8 Å². The predicted molar refractivity (Wildman–Crippen MR) is 80.7 cm³/mol. The van der Waals surface area contributed by atoms with Crippen molar-refractivity contribution in [2.24, 2.45) is 5.41 Å². The van der Waals surface area contributed by atoms with Crippen LogP contribution in [0.1, 0.15) is 29.8 Å². The highest BCUT2D eigenvalue weighted by Crippen LogP contribution is 2.48. The standard InChI is InChI=1S/C17H15ClO3/c1-16(2)8-20-17(21-9-16)12-5-3-4-10-13(18)7-6-11(14(10)12)15(17)19/h3-7H,8-9H2,1-2H3. The maximum atomic E-state index is 12.9. The van der Waals surface area contributed by atoms with Crippen molar-refractivity contribution in [3.8, 4) is 0 Å². The van der Waals surface area contributed by atoms with Gasteiger partial charge in [-0.25, -0.2) is 0 Å². The van der Waals surface area contributed by atoms with Crippen LogP contribution in [0.15, 0.2) is 30.3 Å². The predicted octanol–water partition coefficient (Wildman–Crippen LogP) is 3.92. The molecule has 108 valence electrons. The molecule has 21 heavy (non-hydrogen) atoms. The zero-order valence-electron chi connectivity index (χ0n) is 11.9. The summed E-state index contributed by atoms with van der Waals surface area (Å²) in [7, 11) is 0. The molecule has 3 nitrogen and oxygen atoms in total. The first-order valence-corrected chi connectivity index (χ1v) is 7.37.